The van der Waals surface area contributed by atoms with Crippen molar-refractivity contribution < 1.29 is 9.59 Å². The van der Waals surface area contributed by atoms with Gasteiger partial charge < -0.3 is 16.4 Å². The van der Waals surface area contributed by atoms with Crippen molar-refractivity contribution in [3.8, 4) is 0 Å². The van der Waals surface area contributed by atoms with Gasteiger partial charge in [-0.15, -0.1) is 0 Å². The van der Waals surface area contributed by atoms with Gasteiger partial charge in [-0.2, -0.15) is 0 Å². The fourth-order valence-corrected chi connectivity index (χ4v) is 1.99. The molecule has 2 rings (SSSR count). The molecule has 5 heteroatoms. The quantitative estimate of drug-likeness (QED) is 0.806. The number of amides is 3. The maximum absolute atomic E-state index is 12.2. The Kier molecular flexibility index (Phi) is 4.56. The molecule has 108 valence electrons. The number of hydrogen-bond acceptors (Lipinski definition) is 2. The Morgan fingerprint density at radius 3 is 2.43 bits per heavy atom. The van der Waals surface area contributed by atoms with Gasteiger partial charge in [-0.05, 0) is 30.7 Å². The molecule has 0 bridgehead atoms. The van der Waals surface area contributed by atoms with Crippen molar-refractivity contribution in [2.45, 2.75) is 13.0 Å². The average Bonchev–Trinajstić information content (AvgIpc) is 2.47. The van der Waals surface area contributed by atoms with E-state index in [2.05, 4.69) is 10.6 Å². The minimum atomic E-state index is -0.662. The fraction of sp³-hybridized carbons (Fsp3) is 0.125. The Balaban J connectivity index is 2.08. The molecule has 5 nitrogen and oxygen atoms in total. The van der Waals surface area contributed by atoms with E-state index in [0.717, 1.165) is 5.56 Å². The standard InChI is InChI=1S/C16H17N3O2/c1-11(12-6-3-2-4-7-12)18-15(20)13-8-5-9-14(10-13)19-16(17)21/h2-11H,1H3,(H,18,20)(H3,17,19,21)/t11-/m1/s1. The van der Waals surface area contributed by atoms with Crippen molar-refractivity contribution in [2.24, 2.45) is 5.73 Å². The van der Waals surface area contributed by atoms with Crippen LogP contribution in [0.15, 0.2) is 54.6 Å². The lowest BCUT2D eigenvalue weighted by atomic mass is 10.1. The summed E-state index contributed by atoms with van der Waals surface area (Å²) < 4.78 is 0. The monoisotopic (exact) mass is 283 g/mol. The van der Waals surface area contributed by atoms with E-state index in [9.17, 15) is 9.59 Å². The molecule has 0 heterocycles. The zero-order valence-corrected chi connectivity index (χ0v) is 11.7. The number of nitrogens with one attached hydrogen (secondary N) is 2. The van der Waals surface area contributed by atoms with E-state index in [4.69, 9.17) is 5.73 Å². The van der Waals surface area contributed by atoms with Crippen LogP contribution in [0.5, 0.6) is 0 Å². The molecule has 0 fully saturated rings. The van der Waals surface area contributed by atoms with E-state index in [1.54, 1.807) is 24.3 Å². The fourth-order valence-electron chi connectivity index (χ4n) is 1.99. The normalized spacial score (nSPS) is 11.5. The summed E-state index contributed by atoms with van der Waals surface area (Å²) in [7, 11) is 0. The van der Waals surface area contributed by atoms with Crippen LogP contribution in [-0.4, -0.2) is 11.9 Å². The molecule has 21 heavy (non-hydrogen) atoms. The highest BCUT2D eigenvalue weighted by Gasteiger charge is 2.11. The summed E-state index contributed by atoms with van der Waals surface area (Å²) >= 11 is 0. The second-order valence-electron chi connectivity index (χ2n) is 4.68. The van der Waals surface area contributed by atoms with E-state index in [-0.39, 0.29) is 11.9 Å². The Hall–Kier alpha value is -2.82. The minimum Gasteiger partial charge on any atom is -0.351 e. The lowest BCUT2D eigenvalue weighted by molar-refractivity contribution is 0.0940. The third-order valence-corrected chi connectivity index (χ3v) is 3.04. The molecule has 0 aliphatic heterocycles. The van der Waals surface area contributed by atoms with Gasteiger partial charge in [-0.25, -0.2) is 4.79 Å². The van der Waals surface area contributed by atoms with Crippen molar-refractivity contribution in [1.82, 2.24) is 5.32 Å². The van der Waals surface area contributed by atoms with E-state index >= 15 is 0 Å². The first-order valence-corrected chi connectivity index (χ1v) is 6.58. The molecule has 0 unspecified atom stereocenters. The van der Waals surface area contributed by atoms with Gasteiger partial charge >= 0.3 is 6.03 Å². The predicted octanol–water partition coefficient (Wildman–Crippen LogP) is 2.67. The zero-order valence-electron chi connectivity index (χ0n) is 11.7. The molecule has 0 saturated heterocycles. The topological polar surface area (TPSA) is 84.2 Å². The highest BCUT2D eigenvalue weighted by Crippen LogP contribution is 2.14. The van der Waals surface area contributed by atoms with Gasteiger partial charge in [0.1, 0.15) is 0 Å². The number of carbonyl (C=O) groups is 2. The van der Waals surface area contributed by atoms with Crippen molar-refractivity contribution in [3.05, 3.63) is 65.7 Å². The van der Waals surface area contributed by atoms with Gasteiger partial charge in [-0.1, -0.05) is 36.4 Å². The molecule has 4 N–H and O–H groups in total. The van der Waals surface area contributed by atoms with Crippen LogP contribution < -0.4 is 16.4 Å². The first-order chi connectivity index (χ1) is 10.1. The molecule has 1 atom stereocenters. The Labute approximate surface area is 123 Å². The summed E-state index contributed by atoms with van der Waals surface area (Å²) in [6.07, 6.45) is 0. The Morgan fingerprint density at radius 2 is 1.76 bits per heavy atom. The van der Waals surface area contributed by atoms with Crippen LogP contribution in [0.4, 0.5) is 10.5 Å². The van der Waals surface area contributed by atoms with Crippen LogP contribution in [0, 0.1) is 0 Å². The van der Waals surface area contributed by atoms with Gasteiger partial charge in [0.05, 0.1) is 6.04 Å². The molecule has 2 aromatic carbocycles. The molecule has 0 aliphatic carbocycles. The molecule has 0 spiro atoms. The van der Waals surface area contributed by atoms with Gasteiger partial charge in [0.25, 0.3) is 5.91 Å². The van der Waals surface area contributed by atoms with Gasteiger partial charge in [0.2, 0.25) is 0 Å². The maximum Gasteiger partial charge on any atom is 0.316 e. The van der Waals surface area contributed by atoms with E-state index in [1.165, 1.54) is 0 Å². The second-order valence-corrected chi connectivity index (χ2v) is 4.68. The average molecular weight is 283 g/mol. The summed E-state index contributed by atoms with van der Waals surface area (Å²) in [5, 5.41) is 5.35. The molecular weight excluding hydrogens is 266 g/mol. The summed E-state index contributed by atoms with van der Waals surface area (Å²) in [4.78, 5) is 23.0. The third kappa shape index (κ3) is 4.07. The van der Waals surface area contributed by atoms with Crippen LogP contribution in [-0.2, 0) is 0 Å². The first kappa shape index (κ1) is 14.6. The Morgan fingerprint density at radius 1 is 1.05 bits per heavy atom. The first-order valence-electron chi connectivity index (χ1n) is 6.58. The van der Waals surface area contributed by atoms with Crippen molar-refractivity contribution in [1.29, 1.82) is 0 Å². The van der Waals surface area contributed by atoms with Crippen molar-refractivity contribution >= 4 is 17.6 Å². The van der Waals surface area contributed by atoms with Crippen LogP contribution in [0.1, 0.15) is 28.9 Å². The number of benzene rings is 2. The SMILES string of the molecule is C[C@@H](NC(=O)c1cccc(NC(N)=O)c1)c1ccccc1. The predicted molar refractivity (Wildman–Crippen MR) is 82.0 cm³/mol. The van der Waals surface area contributed by atoms with Crippen LogP contribution in [0.25, 0.3) is 0 Å². The highest BCUT2D eigenvalue weighted by atomic mass is 16.2. The number of primary amides is 1. The van der Waals surface area contributed by atoms with Gasteiger partial charge in [0.15, 0.2) is 0 Å². The molecule has 3 amide bonds. The van der Waals surface area contributed by atoms with Crippen molar-refractivity contribution in [2.75, 3.05) is 5.32 Å². The van der Waals surface area contributed by atoms with Gasteiger partial charge in [0, 0.05) is 11.3 Å². The summed E-state index contributed by atoms with van der Waals surface area (Å²) in [6, 6.07) is 15.5. The number of urea groups is 1. The number of nitrogens with two attached hydrogens (primary N) is 1. The second kappa shape index (κ2) is 6.56. The number of carbonyl (C=O) groups excluding carboxylic acids is 2. The molecule has 0 radical (unpaired) electrons. The number of hydrogen-bond donors (Lipinski definition) is 3. The van der Waals surface area contributed by atoms with Crippen LogP contribution in [0.2, 0.25) is 0 Å². The van der Waals surface area contributed by atoms with Gasteiger partial charge in [-0.3, -0.25) is 4.79 Å². The molecule has 0 aromatic heterocycles. The van der Waals surface area contributed by atoms with Crippen molar-refractivity contribution in [3.63, 3.8) is 0 Å². The smallest absolute Gasteiger partial charge is 0.316 e. The number of rotatable bonds is 4. The molecular formula is C16H17N3O2. The lowest BCUT2D eigenvalue weighted by Crippen LogP contribution is -2.27. The highest BCUT2D eigenvalue weighted by molar-refractivity contribution is 5.96. The molecule has 0 saturated carbocycles. The lowest BCUT2D eigenvalue weighted by Gasteiger charge is -2.14. The summed E-state index contributed by atoms with van der Waals surface area (Å²) in [6.45, 7) is 1.92. The number of anilines is 1. The van der Waals surface area contributed by atoms with Crippen LogP contribution in [0.3, 0.4) is 0 Å². The molecule has 0 aliphatic rings. The largest absolute Gasteiger partial charge is 0.351 e. The minimum absolute atomic E-state index is 0.105. The Bertz CT molecular complexity index is 641. The molecule has 2 aromatic rings. The summed E-state index contributed by atoms with van der Waals surface area (Å²) in [5.74, 6) is -0.209. The van der Waals surface area contributed by atoms with Crippen LogP contribution >= 0.6 is 0 Å². The van der Waals surface area contributed by atoms with E-state index in [0.29, 0.717) is 11.3 Å². The zero-order chi connectivity index (χ0) is 15.2. The third-order valence-electron chi connectivity index (χ3n) is 3.04. The van der Waals surface area contributed by atoms with E-state index in [1.807, 2.05) is 37.3 Å². The maximum atomic E-state index is 12.2. The van der Waals surface area contributed by atoms with E-state index < -0.39 is 6.03 Å². The summed E-state index contributed by atoms with van der Waals surface area (Å²) in [5.41, 5.74) is 7.03.